The van der Waals surface area contributed by atoms with Gasteiger partial charge in [0, 0.05) is 18.0 Å². The minimum atomic E-state index is -0.632. The summed E-state index contributed by atoms with van der Waals surface area (Å²) in [6, 6.07) is 8.44. The molecule has 11 heteroatoms. The normalized spacial score (nSPS) is 12.4. The maximum absolute atomic E-state index is 14.1. The summed E-state index contributed by atoms with van der Waals surface area (Å²) >= 11 is 7.35. The first-order valence-electron chi connectivity index (χ1n) is 9.98. The second-order valence-corrected chi connectivity index (χ2v) is 8.50. The van der Waals surface area contributed by atoms with Gasteiger partial charge in [-0.15, -0.1) is 11.3 Å². The molecule has 3 aromatic heterocycles. The van der Waals surface area contributed by atoms with Gasteiger partial charge in [0.1, 0.15) is 27.2 Å². The number of nitrogens with zero attached hydrogens (tertiary/aromatic N) is 4. The molecule has 1 aromatic carbocycles. The zero-order valence-electron chi connectivity index (χ0n) is 17.4. The molecule has 0 spiro atoms. The van der Waals surface area contributed by atoms with Gasteiger partial charge in [-0.2, -0.15) is 5.26 Å². The van der Waals surface area contributed by atoms with E-state index in [9.17, 15) is 19.2 Å². The lowest BCUT2D eigenvalue weighted by Crippen LogP contribution is -2.35. The fourth-order valence-corrected chi connectivity index (χ4v) is 5.01. The van der Waals surface area contributed by atoms with Crippen molar-refractivity contribution in [2.75, 3.05) is 16.8 Å². The number of urea groups is 1. The number of hydrogen-bond acceptors (Lipinski definition) is 7. The van der Waals surface area contributed by atoms with Crippen LogP contribution in [0, 0.1) is 17.1 Å². The number of thiophene rings is 1. The zero-order chi connectivity index (χ0) is 24.0. The van der Waals surface area contributed by atoms with Crippen LogP contribution in [0.2, 0.25) is 5.02 Å². The van der Waals surface area contributed by atoms with Gasteiger partial charge in [-0.25, -0.2) is 19.0 Å². The molecule has 1 N–H and O–H groups in total. The molecule has 0 saturated carbocycles. The van der Waals surface area contributed by atoms with Crippen LogP contribution in [0.3, 0.4) is 0 Å². The van der Waals surface area contributed by atoms with Crippen molar-refractivity contribution in [2.45, 2.75) is 6.92 Å². The lowest BCUT2D eigenvalue weighted by atomic mass is 10.00. The summed E-state index contributed by atoms with van der Waals surface area (Å²) < 4.78 is 19.3. The summed E-state index contributed by atoms with van der Waals surface area (Å²) in [5.74, 6) is -1.20. The predicted octanol–water partition coefficient (Wildman–Crippen LogP) is 5.88. The maximum atomic E-state index is 14.1. The molecule has 2 amide bonds. The first-order chi connectivity index (χ1) is 16.4. The van der Waals surface area contributed by atoms with Gasteiger partial charge in [0.05, 0.1) is 39.8 Å². The van der Waals surface area contributed by atoms with E-state index >= 15 is 0 Å². The molecule has 0 atom stereocenters. The van der Waals surface area contributed by atoms with Crippen molar-refractivity contribution in [1.82, 2.24) is 9.97 Å². The van der Waals surface area contributed by atoms with E-state index in [0.29, 0.717) is 15.9 Å². The third-order valence-electron chi connectivity index (χ3n) is 5.15. The summed E-state index contributed by atoms with van der Waals surface area (Å²) in [5.41, 5.74) is 1.13. The van der Waals surface area contributed by atoms with Gasteiger partial charge in [0.2, 0.25) is 0 Å². The Bertz CT molecular complexity index is 1530. The molecule has 0 bridgehead atoms. The number of nitrogens with one attached hydrogen (secondary N) is 1. The Morgan fingerprint density at radius 3 is 2.79 bits per heavy atom. The third-order valence-corrected chi connectivity index (χ3v) is 6.54. The molecule has 5 rings (SSSR count). The van der Waals surface area contributed by atoms with Crippen molar-refractivity contribution in [3.05, 3.63) is 64.0 Å². The van der Waals surface area contributed by atoms with Gasteiger partial charge >= 0.3 is 12.0 Å². The monoisotopic (exact) mass is 493 g/mol. The summed E-state index contributed by atoms with van der Waals surface area (Å²) in [5, 5.41) is 13.5. The van der Waals surface area contributed by atoms with E-state index in [-0.39, 0.29) is 44.7 Å². The lowest BCUT2D eigenvalue weighted by Gasteiger charge is -2.29. The Kier molecular flexibility index (Phi) is 5.36. The predicted molar refractivity (Wildman–Crippen MR) is 126 cm³/mol. The topological polar surface area (TPSA) is 108 Å². The second-order valence-electron chi connectivity index (χ2n) is 7.10. The fourth-order valence-electron chi connectivity index (χ4n) is 3.78. The van der Waals surface area contributed by atoms with Crippen molar-refractivity contribution in [3.8, 4) is 17.3 Å². The molecule has 168 valence electrons. The minimum Gasteiger partial charge on any atom is -0.462 e. The largest absolute Gasteiger partial charge is 0.462 e. The number of carbonyl (C=O) groups is 2. The van der Waals surface area contributed by atoms with Gasteiger partial charge in [0.15, 0.2) is 0 Å². The number of esters is 1. The highest BCUT2D eigenvalue weighted by atomic mass is 35.5. The standard InChI is InChI=1S/C23H13ClFN5O3S/c1-2-33-22(31)20-18-16-19(30(23(32)29-18)12-5-7-27-8-6-12)14(10-26)17(28-21(16)34-20)13-9-11(25)3-4-15(13)24/h3-9H,2H2,1H3,(H,29,32). The Balaban J connectivity index is 1.92. The van der Waals surface area contributed by atoms with Crippen molar-refractivity contribution in [1.29, 1.82) is 5.26 Å². The zero-order valence-corrected chi connectivity index (χ0v) is 19.0. The molecule has 8 nitrogen and oxygen atoms in total. The number of halogens is 2. The number of ether oxygens (including phenoxy) is 1. The molecule has 4 heterocycles. The van der Waals surface area contributed by atoms with Gasteiger partial charge in [-0.1, -0.05) is 11.6 Å². The van der Waals surface area contributed by atoms with Crippen LogP contribution < -0.4 is 10.2 Å². The highest BCUT2D eigenvalue weighted by molar-refractivity contribution is 7.21. The molecular weight excluding hydrogens is 481 g/mol. The van der Waals surface area contributed by atoms with E-state index in [0.717, 1.165) is 11.3 Å². The lowest BCUT2D eigenvalue weighted by molar-refractivity contribution is 0.0533. The van der Waals surface area contributed by atoms with Crippen molar-refractivity contribution < 1.29 is 18.7 Å². The van der Waals surface area contributed by atoms with Gasteiger partial charge in [-0.3, -0.25) is 9.88 Å². The van der Waals surface area contributed by atoms with E-state index < -0.39 is 17.8 Å². The average molecular weight is 494 g/mol. The number of hydrogen-bond donors (Lipinski definition) is 1. The van der Waals surface area contributed by atoms with E-state index in [4.69, 9.17) is 16.3 Å². The molecule has 1 aliphatic heterocycles. The highest BCUT2D eigenvalue weighted by Crippen LogP contribution is 2.50. The molecule has 4 aromatic rings. The second kappa shape index (κ2) is 8.37. The van der Waals surface area contributed by atoms with Gasteiger partial charge in [0.25, 0.3) is 0 Å². The fraction of sp³-hybridized carbons (Fsp3) is 0.0870. The number of rotatable bonds is 4. The number of aromatic nitrogens is 2. The van der Waals surface area contributed by atoms with Crippen LogP contribution in [0.1, 0.15) is 22.2 Å². The molecule has 0 radical (unpaired) electrons. The molecular formula is C23H13ClFN5O3S. The number of anilines is 3. The summed E-state index contributed by atoms with van der Waals surface area (Å²) in [4.78, 5) is 36.3. The molecule has 0 aliphatic carbocycles. The Hall–Kier alpha value is -4.07. The van der Waals surface area contributed by atoms with E-state index in [1.165, 1.54) is 35.5 Å². The molecule has 34 heavy (non-hydrogen) atoms. The number of carbonyl (C=O) groups excluding carboxylic acids is 2. The number of amides is 2. The molecule has 0 fully saturated rings. The first kappa shape index (κ1) is 21.8. The first-order valence-corrected chi connectivity index (χ1v) is 11.2. The van der Waals surface area contributed by atoms with Crippen LogP contribution in [0.4, 0.5) is 26.2 Å². The maximum Gasteiger partial charge on any atom is 0.350 e. The van der Waals surface area contributed by atoms with Crippen LogP contribution in [0.15, 0.2) is 42.7 Å². The Morgan fingerprint density at radius 2 is 2.09 bits per heavy atom. The SMILES string of the molecule is CCOC(=O)c1sc2nc(-c3cc(F)ccc3Cl)c(C#N)c3c2c1NC(=O)N3c1ccncc1. The third kappa shape index (κ3) is 3.34. The number of pyridine rings is 2. The van der Waals surface area contributed by atoms with Crippen LogP contribution >= 0.6 is 22.9 Å². The van der Waals surface area contributed by atoms with Gasteiger partial charge < -0.3 is 10.1 Å². The average Bonchev–Trinajstić information content (AvgIpc) is 3.20. The number of nitriles is 1. The van der Waals surface area contributed by atoms with E-state index in [1.54, 1.807) is 19.1 Å². The van der Waals surface area contributed by atoms with Gasteiger partial charge in [-0.05, 0) is 37.3 Å². The Morgan fingerprint density at radius 1 is 1.32 bits per heavy atom. The van der Waals surface area contributed by atoms with Crippen LogP contribution in [0.25, 0.3) is 21.5 Å². The van der Waals surface area contributed by atoms with Crippen LogP contribution in [0.5, 0.6) is 0 Å². The molecule has 0 saturated heterocycles. The van der Waals surface area contributed by atoms with E-state index in [2.05, 4.69) is 21.4 Å². The van der Waals surface area contributed by atoms with Crippen molar-refractivity contribution in [3.63, 3.8) is 0 Å². The molecule has 1 aliphatic rings. The van der Waals surface area contributed by atoms with Crippen LogP contribution in [-0.4, -0.2) is 28.6 Å². The van der Waals surface area contributed by atoms with Crippen molar-refractivity contribution >= 4 is 62.2 Å². The summed E-state index contributed by atoms with van der Waals surface area (Å²) in [6.45, 7) is 1.81. The molecule has 0 unspecified atom stereocenters. The smallest absolute Gasteiger partial charge is 0.350 e. The van der Waals surface area contributed by atoms with Crippen LogP contribution in [-0.2, 0) is 4.74 Å². The summed E-state index contributed by atoms with van der Waals surface area (Å²) in [7, 11) is 0. The quantitative estimate of drug-likeness (QED) is 0.355. The summed E-state index contributed by atoms with van der Waals surface area (Å²) in [6.07, 6.45) is 3.01. The number of benzene rings is 1. The van der Waals surface area contributed by atoms with E-state index in [1.807, 2.05) is 0 Å². The van der Waals surface area contributed by atoms with Crippen molar-refractivity contribution in [2.24, 2.45) is 0 Å². The highest BCUT2D eigenvalue weighted by Gasteiger charge is 2.37. The minimum absolute atomic E-state index is 0.00104. The Labute approximate surface area is 201 Å².